The van der Waals surface area contributed by atoms with Crippen LogP contribution < -0.4 is 10.1 Å². The number of aliphatic hydroxyl groups excluding tert-OH is 1. The summed E-state index contributed by atoms with van der Waals surface area (Å²) in [5, 5.41) is 13.5. The van der Waals surface area contributed by atoms with Gasteiger partial charge in [0, 0.05) is 5.02 Å². The number of hydrogen-bond donors (Lipinski definition) is 2. The zero-order chi connectivity index (χ0) is 18.9. The van der Waals surface area contributed by atoms with Gasteiger partial charge in [-0.25, -0.2) is 4.79 Å². The first-order valence-electron chi connectivity index (χ1n) is 7.75. The van der Waals surface area contributed by atoms with Gasteiger partial charge in [0.1, 0.15) is 24.2 Å². The Hall–Kier alpha value is -2.22. The van der Waals surface area contributed by atoms with Crippen LogP contribution >= 0.6 is 23.2 Å². The first kappa shape index (κ1) is 18.6. The summed E-state index contributed by atoms with van der Waals surface area (Å²) in [6.07, 6.45) is 0.316. The number of hydrogen-bond acceptors (Lipinski definition) is 5. The van der Waals surface area contributed by atoms with Crippen LogP contribution in [0.4, 0.5) is 4.79 Å². The maximum absolute atomic E-state index is 12.6. The van der Waals surface area contributed by atoms with Crippen LogP contribution in [0.5, 0.6) is 5.75 Å². The van der Waals surface area contributed by atoms with Crippen LogP contribution in [0.15, 0.2) is 41.0 Å². The van der Waals surface area contributed by atoms with Crippen LogP contribution in [0.2, 0.25) is 10.0 Å². The molecule has 138 valence electrons. The minimum absolute atomic E-state index is 0.157. The number of amides is 3. The van der Waals surface area contributed by atoms with E-state index in [0.717, 1.165) is 4.90 Å². The lowest BCUT2D eigenvalue weighted by atomic mass is 9.99. The highest BCUT2D eigenvalue weighted by molar-refractivity contribution is 6.35. The number of carbonyl (C=O) groups excluding carboxylic acids is 2. The monoisotopic (exact) mass is 398 g/mol. The molecule has 1 aromatic heterocycles. The molecule has 2 aromatic rings. The van der Waals surface area contributed by atoms with Gasteiger partial charge in [0.2, 0.25) is 0 Å². The molecule has 0 bridgehead atoms. The summed E-state index contributed by atoms with van der Waals surface area (Å²) in [6.45, 7) is 1.16. The number of carbonyl (C=O) groups is 2. The van der Waals surface area contributed by atoms with Crippen molar-refractivity contribution < 1.29 is 23.8 Å². The number of imide groups is 1. The lowest BCUT2D eigenvalue weighted by Gasteiger charge is -2.21. The van der Waals surface area contributed by atoms with Crippen molar-refractivity contribution in [1.82, 2.24) is 10.2 Å². The molecule has 0 radical (unpaired) electrons. The third-order valence-corrected chi connectivity index (χ3v) is 4.54. The maximum atomic E-state index is 12.6. The predicted octanol–water partition coefficient (Wildman–Crippen LogP) is 2.79. The Labute approximate surface area is 159 Å². The van der Waals surface area contributed by atoms with Crippen molar-refractivity contribution in [2.24, 2.45) is 0 Å². The molecular formula is C17H16Cl2N2O5. The Bertz CT molecular complexity index is 827. The van der Waals surface area contributed by atoms with Crippen molar-refractivity contribution in [3.63, 3.8) is 0 Å². The van der Waals surface area contributed by atoms with Crippen molar-refractivity contribution >= 4 is 35.1 Å². The lowest BCUT2D eigenvalue weighted by Crippen LogP contribution is -2.42. The molecular weight excluding hydrogens is 383 g/mol. The minimum atomic E-state index is -1.30. The van der Waals surface area contributed by atoms with Crippen LogP contribution in [0.1, 0.15) is 12.7 Å². The van der Waals surface area contributed by atoms with E-state index in [2.05, 4.69) is 5.32 Å². The Morgan fingerprint density at radius 3 is 2.77 bits per heavy atom. The van der Waals surface area contributed by atoms with Gasteiger partial charge in [-0.15, -0.1) is 0 Å². The van der Waals surface area contributed by atoms with Gasteiger partial charge >= 0.3 is 6.03 Å². The Morgan fingerprint density at radius 1 is 1.35 bits per heavy atom. The Kier molecular flexibility index (Phi) is 5.13. The molecule has 1 saturated heterocycles. The molecule has 1 aliphatic heterocycles. The van der Waals surface area contributed by atoms with E-state index in [1.807, 2.05) is 0 Å². The topological polar surface area (TPSA) is 92.0 Å². The number of nitrogens with one attached hydrogen (secondary N) is 1. The summed E-state index contributed by atoms with van der Waals surface area (Å²) in [4.78, 5) is 25.7. The van der Waals surface area contributed by atoms with Gasteiger partial charge in [-0.3, -0.25) is 9.69 Å². The third kappa shape index (κ3) is 3.51. The summed E-state index contributed by atoms with van der Waals surface area (Å²) < 4.78 is 10.7. The number of β-amino-alcohol motifs (C(OH)–C–C–N with tert-alkyl or cyclic N) is 1. The molecule has 26 heavy (non-hydrogen) atoms. The fourth-order valence-electron chi connectivity index (χ4n) is 2.63. The van der Waals surface area contributed by atoms with Gasteiger partial charge in [0.15, 0.2) is 5.54 Å². The molecule has 0 saturated carbocycles. The van der Waals surface area contributed by atoms with E-state index in [1.54, 1.807) is 31.2 Å². The maximum Gasteiger partial charge on any atom is 0.325 e. The van der Waals surface area contributed by atoms with Crippen LogP contribution in [0, 0.1) is 0 Å². The molecule has 0 unspecified atom stereocenters. The number of furan rings is 1. The van der Waals surface area contributed by atoms with Gasteiger partial charge in [-0.1, -0.05) is 23.2 Å². The number of nitrogens with zero attached hydrogens (tertiary/aromatic N) is 1. The van der Waals surface area contributed by atoms with E-state index >= 15 is 0 Å². The van der Waals surface area contributed by atoms with E-state index in [-0.39, 0.29) is 13.2 Å². The molecule has 2 heterocycles. The van der Waals surface area contributed by atoms with Crippen molar-refractivity contribution in [3.8, 4) is 5.75 Å². The number of rotatable bonds is 6. The smallest absolute Gasteiger partial charge is 0.325 e. The molecule has 9 heteroatoms. The molecule has 1 fully saturated rings. The fourth-order valence-corrected chi connectivity index (χ4v) is 3.10. The molecule has 3 rings (SSSR count). The summed E-state index contributed by atoms with van der Waals surface area (Å²) in [5.74, 6) is 0.144. The molecule has 0 aliphatic carbocycles. The highest BCUT2D eigenvalue weighted by atomic mass is 35.5. The third-order valence-electron chi connectivity index (χ3n) is 4.01. The molecule has 2 N–H and O–H groups in total. The second-order valence-corrected chi connectivity index (χ2v) is 6.83. The summed E-state index contributed by atoms with van der Waals surface area (Å²) >= 11 is 11.8. The second kappa shape index (κ2) is 7.19. The van der Waals surface area contributed by atoms with Crippen LogP contribution in [-0.2, 0) is 10.3 Å². The van der Waals surface area contributed by atoms with Gasteiger partial charge in [0.25, 0.3) is 5.91 Å². The van der Waals surface area contributed by atoms with E-state index < -0.39 is 23.6 Å². The Morgan fingerprint density at radius 2 is 2.12 bits per heavy atom. The predicted molar refractivity (Wildman–Crippen MR) is 94.3 cm³/mol. The van der Waals surface area contributed by atoms with Crippen molar-refractivity contribution in [2.75, 3.05) is 13.2 Å². The van der Waals surface area contributed by atoms with Crippen LogP contribution in [-0.4, -0.2) is 41.2 Å². The molecule has 0 spiro atoms. The number of benzene rings is 1. The van der Waals surface area contributed by atoms with Gasteiger partial charge < -0.3 is 19.6 Å². The van der Waals surface area contributed by atoms with E-state index in [9.17, 15) is 14.7 Å². The largest absolute Gasteiger partial charge is 0.489 e. The molecule has 7 nitrogen and oxygen atoms in total. The second-order valence-electron chi connectivity index (χ2n) is 5.99. The number of aliphatic hydroxyl groups is 1. The van der Waals surface area contributed by atoms with E-state index in [4.69, 9.17) is 32.4 Å². The summed E-state index contributed by atoms with van der Waals surface area (Å²) in [6, 6.07) is 7.29. The average Bonchev–Trinajstić information content (AvgIpc) is 3.19. The first-order valence-corrected chi connectivity index (χ1v) is 8.51. The normalized spacial score (nSPS) is 21.0. The van der Waals surface area contributed by atoms with Crippen molar-refractivity contribution in [3.05, 3.63) is 52.4 Å². The zero-order valence-electron chi connectivity index (χ0n) is 13.7. The van der Waals surface area contributed by atoms with Gasteiger partial charge in [-0.2, -0.15) is 0 Å². The van der Waals surface area contributed by atoms with Crippen molar-refractivity contribution in [1.29, 1.82) is 0 Å². The van der Waals surface area contributed by atoms with Gasteiger partial charge in [0.05, 0.1) is 17.8 Å². The van der Waals surface area contributed by atoms with E-state index in [0.29, 0.717) is 21.6 Å². The number of ether oxygens (including phenoxy) is 1. The number of halogens is 2. The van der Waals surface area contributed by atoms with Crippen LogP contribution in [0.25, 0.3) is 0 Å². The highest BCUT2D eigenvalue weighted by Crippen LogP contribution is 2.30. The molecule has 3 amide bonds. The fraction of sp³-hybridized carbons (Fsp3) is 0.294. The first-order chi connectivity index (χ1) is 12.3. The lowest BCUT2D eigenvalue weighted by molar-refractivity contribution is -0.132. The standard InChI is InChI=1S/C17H16Cl2N2O5/c1-17(14-3-2-6-25-14)15(23)21(16(24)20-17)8-11(22)9-26-13-5-4-10(18)7-12(13)19/h2-7,11,22H,8-9H2,1H3,(H,20,24)/t11-,17-/m1/s1. The Balaban J connectivity index is 1.63. The van der Waals surface area contributed by atoms with Crippen molar-refractivity contribution in [2.45, 2.75) is 18.6 Å². The SMILES string of the molecule is C[C@]1(c2ccco2)NC(=O)N(C[C@@H](O)COc2ccc(Cl)cc2Cl)C1=O. The van der Waals surface area contributed by atoms with Gasteiger partial charge in [-0.05, 0) is 37.3 Å². The quantitative estimate of drug-likeness (QED) is 0.729. The highest BCUT2D eigenvalue weighted by Gasteiger charge is 2.51. The average molecular weight is 399 g/mol. The minimum Gasteiger partial charge on any atom is -0.489 e. The van der Waals surface area contributed by atoms with E-state index in [1.165, 1.54) is 12.3 Å². The summed E-state index contributed by atoms with van der Waals surface area (Å²) in [5.41, 5.74) is -1.30. The molecule has 2 atom stereocenters. The summed E-state index contributed by atoms with van der Waals surface area (Å²) in [7, 11) is 0. The molecule has 1 aromatic carbocycles. The van der Waals surface area contributed by atoms with Crippen LogP contribution in [0.3, 0.4) is 0 Å². The number of urea groups is 1. The molecule has 1 aliphatic rings. The zero-order valence-corrected chi connectivity index (χ0v) is 15.3.